The quantitative estimate of drug-likeness (QED) is 0.181. The van der Waals surface area contributed by atoms with E-state index in [-0.39, 0.29) is 0 Å². The van der Waals surface area contributed by atoms with Crippen molar-refractivity contribution in [3.63, 3.8) is 0 Å². The van der Waals surface area contributed by atoms with Crippen LogP contribution in [0.3, 0.4) is 0 Å². The summed E-state index contributed by atoms with van der Waals surface area (Å²) in [5.74, 6) is 0. The summed E-state index contributed by atoms with van der Waals surface area (Å²) in [7, 11) is 0. The van der Waals surface area contributed by atoms with Crippen LogP contribution in [0.4, 0.5) is 22.7 Å². The number of benzene rings is 7. The Morgan fingerprint density at radius 3 is 1.47 bits per heavy atom. The molecule has 7 aromatic carbocycles. The van der Waals surface area contributed by atoms with Crippen LogP contribution in [0.15, 0.2) is 164 Å². The summed E-state index contributed by atoms with van der Waals surface area (Å²) in [6.45, 7) is 8.20. The van der Waals surface area contributed by atoms with E-state index in [0.717, 1.165) is 33.8 Å². The Morgan fingerprint density at radius 2 is 0.915 bits per heavy atom. The zero-order chi connectivity index (χ0) is 31.1. The second kappa shape index (κ2) is 9.57. The number of para-hydroxylation sites is 4. The first kappa shape index (κ1) is 25.9. The van der Waals surface area contributed by atoms with Crippen molar-refractivity contribution in [1.29, 1.82) is 0 Å². The molecule has 218 valence electrons. The zero-order valence-electron chi connectivity index (χ0n) is 25.4. The summed E-state index contributed by atoms with van der Waals surface area (Å²) < 4.78 is 2.26. The Morgan fingerprint density at radius 1 is 0.447 bits per heavy atom. The lowest BCUT2D eigenvalue weighted by molar-refractivity contribution is 0.752. The molecule has 0 N–H and O–H groups in total. The van der Waals surface area contributed by atoms with E-state index in [4.69, 9.17) is 6.57 Å². The lowest BCUT2D eigenvalue weighted by atomic mass is 9.64. The molecule has 0 saturated heterocycles. The Bertz CT molecular complexity index is 2470. The van der Waals surface area contributed by atoms with Crippen LogP contribution in [0.1, 0.15) is 22.3 Å². The largest absolute Gasteiger partial charge is 0.319 e. The van der Waals surface area contributed by atoms with Crippen molar-refractivity contribution < 1.29 is 0 Å². The standard InChI is InChI=1S/C44H27N3/c1-45-38-27-26-29(28-43(38)47-39-22-10-4-16-32(39)33-17-5-11-23-40(33)47)46-41-24-12-8-20-36(41)44(37-21-9-13-25-42(37)46)34-18-6-2-14-30(34)31-15-3-7-19-35(31)44/h2-28H. The van der Waals surface area contributed by atoms with Crippen LogP contribution in [0.5, 0.6) is 0 Å². The van der Waals surface area contributed by atoms with Gasteiger partial charge in [0, 0.05) is 16.5 Å². The van der Waals surface area contributed by atoms with Gasteiger partial charge in [0.25, 0.3) is 0 Å². The highest BCUT2D eigenvalue weighted by molar-refractivity contribution is 6.10. The molecule has 1 aliphatic heterocycles. The number of hydrogen-bond acceptors (Lipinski definition) is 1. The van der Waals surface area contributed by atoms with Gasteiger partial charge in [-0.25, -0.2) is 4.85 Å². The van der Waals surface area contributed by atoms with E-state index < -0.39 is 5.41 Å². The minimum Gasteiger partial charge on any atom is -0.319 e. The highest BCUT2D eigenvalue weighted by Crippen LogP contribution is 2.63. The third-order valence-corrected chi connectivity index (χ3v) is 10.2. The minimum atomic E-state index is -0.455. The molecular weight excluding hydrogens is 571 g/mol. The van der Waals surface area contributed by atoms with Crippen molar-refractivity contribution >= 4 is 44.6 Å². The number of rotatable bonds is 2. The van der Waals surface area contributed by atoms with Gasteiger partial charge < -0.3 is 9.47 Å². The van der Waals surface area contributed by atoms with Gasteiger partial charge in [-0.2, -0.15) is 0 Å². The molecule has 0 unspecified atom stereocenters. The highest BCUT2D eigenvalue weighted by atomic mass is 15.2. The maximum Gasteiger partial charge on any atom is 0.210 e. The van der Waals surface area contributed by atoms with Gasteiger partial charge in [-0.1, -0.05) is 127 Å². The number of hydrogen-bond donors (Lipinski definition) is 0. The smallest absolute Gasteiger partial charge is 0.210 e. The maximum atomic E-state index is 8.20. The fraction of sp³-hybridized carbons (Fsp3) is 0.0227. The summed E-state index contributed by atoms with van der Waals surface area (Å²) in [6, 6.07) is 58.8. The average molecular weight is 598 g/mol. The molecule has 1 aliphatic carbocycles. The monoisotopic (exact) mass is 597 g/mol. The summed E-state index contributed by atoms with van der Waals surface area (Å²) in [4.78, 5) is 6.43. The predicted octanol–water partition coefficient (Wildman–Crippen LogP) is 11.5. The predicted molar refractivity (Wildman–Crippen MR) is 193 cm³/mol. The maximum absolute atomic E-state index is 8.20. The molecule has 2 aliphatic rings. The van der Waals surface area contributed by atoms with Crippen LogP contribution in [0, 0.1) is 6.57 Å². The van der Waals surface area contributed by atoms with Gasteiger partial charge in [0.2, 0.25) is 5.69 Å². The summed E-state index contributed by atoms with van der Waals surface area (Å²) in [5, 5.41) is 2.36. The minimum absolute atomic E-state index is 0.455. The zero-order valence-corrected chi connectivity index (χ0v) is 25.4. The van der Waals surface area contributed by atoms with Gasteiger partial charge in [0.05, 0.1) is 40.1 Å². The third-order valence-electron chi connectivity index (χ3n) is 10.2. The van der Waals surface area contributed by atoms with Crippen LogP contribution >= 0.6 is 0 Å². The van der Waals surface area contributed by atoms with Crippen molar-refractivity contribution in [2.24, 2.45) is 0 Å². The van der Waals surface area contributed by atoms with Crippen LogP contribution in [-0.2, 0) is 5.41 Å². The second-order valence-electron chi connectivity index (χ2n) is 12.4. The first-order valence-corrected chi connectivity index (χ1v) is 16.0. The Labute approximate surface area is 273 Å². The fourth-order valence-corrected chi connectivity index (χ4v) is 8.45. The van der Waals surface area contributed by atoms with Crippen molar-refractivity contribution in [1.82, 2.24) is 4.57 Å². The molecule has 10 rings (SSSR count). The Kier molecular flexibility index (Phi) is 5.27. The SMILES string of the molecule is [C-]#[N+]c1ccc(N2c3ccccc3C3(c4ccccc4-c4ccccc43)c3ccccc32)cc1-n1c2ccccc2c2ccccc21. The molecule has 1 aromatic heterocycles. The molecule has 0 saturated carbocycles. The van der Waals surface area contributed by atoms with Crippen LogP contribution in [-0.4, -0.2) is 4.57 Å². The summed E-state index contributed by atoms with van der Waals surface area (Å²) >= 11 is 0. The number of aromatic nitrogens is 1. The van der Waals surface area contributed by atoms with Gasteiger partial charge in [0.15, 0.2) is 0 Å². The highest BCUT2D eigenvalue weighted by Gasteiger charge is 2.51. The fourth-order valence-electron chi connectivity index (χ4n) is 8.45. The Hall–Kier alpha value is -6.37. The Balaban J connectivity index is 1.28. The van der Waals surface area contributed by atoms with Crippen LogP contribution in [0.25, 0.3) is 43.5 Å². The molecular formula is C44H27N3. The molecule has 8 aromatic rings. The van der Waals surface area contributed by atoms with E-state index in [1.54, 1.807) is 0 Å². The van der Waals surface area contributed by atoms with Gasteiger partial charge in [0.1, 0.15) is 0 Å². The summed E-state index contributed by atoms with van der Waals surface area (Å²) in [5.41, 5.74) is 14.2. The first-order valence-electron chi connectivity index (χ1n) is 16.0. The third kappa shape index (κ3) is 3.29. The molecule has 47 heavy (non-hydrogen) atoms. The van der Waals surface area contributed by atoms with Crippen molar-refractivity contribution in [2.75, 3.05) is 4.90 Å². The van der Waals surface area contributed by atoms with E-state index in [0.29, 0.717) is 5.69 Å². The lowest BCUT2D eigenvalue weighted by Gasteiger charge is -2.45. The molecule has 3 heteroatoms. The van der Waals surface area contributed by atoms with Crippen LogP contribution in [0.2, 0.25) is 0 Å². The molecule has 0 atom stereocenters. The van der Waals surface area contributed by atoms with E-state index in [2.05, 4.69) is 172 Å². The van der Waals surface area contributed by atoms with Crippen LogP contribution < -0.4 is 4.90 Å². The van der Waals surface area contributed by atoms with Gasteiger partial charge in [-0.3, -0.25) is 0 Å². The topological polar surface area (TPSA) is 12.5 Å². The molecule has 3 nitrogen and oxygen atoms in total. The number of nitrogens with zero attached hydrogens (tertiary/aromatic N) is 3. The number of anilines is 3. The van der Waals surface area contributed by atoms with Gasteiger partial charge in [-0.15, -0.1) is 0 Å². The average Bonchev–Trinajstić information content (AvgIpc) is 3.63. The van der Waals surface area contributed by atoms with E-state index in [9.17, 15) is 0 Å². The van der Waals surface area contributed by atoms with Crippen molar-refractivity contribution in [2.45, 2.75) is 5.41 Å². The summed E-state index contributed by atoms with van der Waals surface area (Å²) in [6.07, 6.45) is 0. The first-order chi connectivity index (χ1) is 23.3. The molecule has 2 heterocycles. The molecule has 0 fully saturated rings. The molecule has 1 spiro atoms. The molecule has 0 amide bonds. The van der Waals surface area contributed by atoms with Gasteiger partial charge >= 0.3 is 0 Å². The van der Waals surface area contributed by atoms with E-state index in [1.807, 2.05) is 6.07 Å². The number of fused-ring (bicyclic) bond motifs is 12. The van der Waals surface area contributed by atoms with E-state index in [1.165, 1.54) is 44.2 Å². The normalized spacial score (nSPS) is 13.6. The second-order valence-corrected chi connectivity index (χ2v) is 12.4. The molecule has 0 radical (unpaired) electrons. The van der Waals surface area contributed by atoms with Gasteiger partial charge in [-0.05, 0) is 69.8 Å². The molecule has 0 bridgehead atoms. The van der Waals surface area contributed by atoms with Crippen molar-refractivity contribution in [3.8, 4) is 16.8 Å². The van der Waals surface area contributed by atoms with E-state index >= 15 is 0 Å². The lowest BCUT2D eigenvalue weighted by Crippen LogP contribution is -2.36. The van der Waals surface area contributed by atoms with Crippen molar-refractivity contribution in [3.05, 3.63) is 197 Å².